The molecule has 24 heavy (non-hydrogen) atoms. The van der Waals surface area contributed by atoms with Gasteiger partial charge in [-0.1, -0.05) is 41.6 Å². The standard InChI is InChI=1S/C18H17N3O2S/c1-2-21(17(22)11-10-14-7-4-3-5-8-14)13-16-19-18(20-23-16)15-9-6-12-24-15/h3-12H,2,13H2,1H3/b11-10+. The highest BCUT2D eigenvalue weighted by Crippen LogP contribution is 2.21. The quantitative estimate of drug-likeness (QED) is 0.640. The van der Waals surface area contributed by atoms with Crippen LogP contribution in [0.3, 0.4) is 0 Å². The molecule has 0 aliphatic rings. The maximum absolute atomic E-state index is 12.3. The number of amides is 1. The van der Waals surface area contributed by atoms with Crippen molar-refractivity contribution in [2.75, 3.05) is 6.54 Å². The van der Waals surface area contributed by atoms with Crippen molar-refractivity contribution < 1.29 is 9.32 Å². The second-order valence-corrected chi connectivity index (χ2v) is 6.03. The van der Waals surface area contributed by atoms with E-state index in [1.54, 1.807) is 28.4 Å². The lowest BCUT2D eigenvalue weighted by Gasteiger charge is -2.16. The first-order valence-electron chi connectivity index (χ1n) is 7.64. The second kappa shape index (κ2) is 7.70. The van der Waals surface area contributed by atoms with Crippen LogP contribution < -0.4 is 0 Å². The first-order valence-corrected chi connectivity index (χ1v) is 8.52. The molecule has 0 saturated carbocycles. The largest absolute Gasteiger partial charge is 0.337 e. The molecular formula is C18H17N3O2S. The summed E-state index contributed by atoms with van der Waals surface area (Å²) in [6.07, 6.45) is 3.37. The van der Waals surface area contributed by atoms with Gasteiger partial charge >= 0.3 is 0 Å². The van der Waals surface area contributed by atoms with Crippen molar-refractivity contribution in [1.82, 2.24) is 15.0 Å². The van der Waals surface area contributed by atoms with Crippen molar-refractivity contribution >= 4 is 23.3 Å². The average Bonchev–Trinajstić information content (AvgIpc) is 3.29. The number of carbonyl (C=O) groups is 1. The first kappa shape index (κ1) is 16.1. The van der Waals surface area contributed by atoms with E-state index >= 15 is 0 Å². The van der Waals surface area contributed by atoms with E-state index in [4.69, 9.17) is 4.52 Å². The number of nitrogens with zero attached hydrogens (tertiary/aromatic N) is 3. The molecule has 6 heteroatoms. The third-order valence-corrected chi connectivity index (χ3v) is 4.31. The van der Waals surface area contributed by atoms with E-state index in [1.165, 1.54) is 0 Å². The summed E-state index contributed by atoms with van der Waals surface area (Å²) < 4.78 is 5.26. The van der Waals surface area contributed by atoms with Gasteiger partial charge in [0.15, 0.2) is 0 Å². The lowest BCUT2D eigenvalue weighted by Crippen LogP contribution is -2.28. The zero-order valence-corrected chi connectivity index (χ0v) is 14.1. The van der Waals surface area contributed by atoms with Crippen LogP contribution >= 0.6 is 11.3 Å². The molecule has 3 rings (SSSR count). The molecule has 0 saturated heterocycles. The summed E-state index contributed by atoms with van der Waals surface area (Å²) in [6.45, 7) is 2.78. The maximum atomic E-state index is 12.3. The second-order valence-electron chi connectivity index (χ2n) is 5.09. The molecule has 0 aliphatic carbocycles. The smallest absolute Gasteiger partial charge is 0.247 e. The minimum atomic E-state index is -0.0859. The van der Waals surface area contributed by atoms with Crippen LogP contribution in [0.15, 0.2) is 58.4 Å². The summed E-state index contributed by atoms with van der Waals surface area (Å²) >= 11 is 1.55. The number of benzene rings is 1. The van der Waals surface area contributed by atoms with Gasteiger partial charge in [0.1, 0.15) is 6.54 Å². The van der Waals surface area contributed by atoms with Crippen LogP contribution in [0, 0.1) is 0 Å². The highest BCUT2D eigenvalue weighted by molar-refractivity contribution is 7.13. The Kier molecular flexibility index (Phi) is 5.18. The van der Waals surface area contributed by atoms with E-state index in [9.17, 15) is 4.79 Å². The Morgan fingerprint density at radius 3 is 2.79 bits per heavy atom. The van der Waals surface area contributed by atoms with E-state index in [0.717, 1.165) is 10.4 Å². The van der Waals surface area contributed by atoms with Gasteiger partial charge in [-0.2, -0.15) is 4.98 Å². The molecule has 0 aliphatic heterocycles. The van der Waals surface area contributed by atoms with Gasteiger partial charge in [-0.25, -0.2) is 0 Å². The van der Waals surface area contributed by atoms with Crippen LogP contribution in [0.5, 0.6) is 0 Å². The summed E-state index contributed by atoms with van der Waals surface area (Å²) in [5, 5.41) is 5.93. The van der Waals surface area contributed by atoms with Crippen LogP contribution in [0.25, 0.3) is 16.8 Å². The molecule has 0 fully saturated rings. The van der Waals surface area contributed by atoms with Gasteiger partial charge in [-0.15, -0.1) is 11.3 Å². The van der Waals surface area contributed by atoms with Crippen molar-refractivity contribution in [2.45, 2.75) is 13.5 Å². The minimum Gasteiger partial charge on any atom is -0.337 e. The van der Waals surface area contributed by atoms with Crippen molar-refractivity contribution in [3.63, 3.8) is 0 Å². The third kappa shape index (κ3) is 3.97. The molecule has 2 heterocycles. The molecule has 0 radical (unpaired) electrons. The molecule has 0 unspecified atom stereocenters. The summed E-state index contributed by atoms with van der Waals surface area (Å²) in [5.74, 6) is 0.905. The van der Waals surface area contributed by atoms with Gasteiger partial charge in [0, 0.05) is 12.6 Å². The zero-order chi connectivity index (χ0) is 16.8. The molecule has 3 aromatic rings. The highest BCUT2D eigenvalue weighted by atomic mass is 32.1. The van der Waals surface area contributed by atoms with Gasteiger partial charge in [-0.05, 0) is 30.0 Å². The van der Waals surface area contributed by atoms with E-state index in [0.29, 0.717) is 24.8 Å². The maximum Gasteiger partial charge on any atom is 0.247 e. The Bertz CT molecular complexity index is 810. The van der Waals surface area contributed by atoms with Gasteiger partial charge < -0.3 is 9.42 Å². The number of likely N-dealkylation sites (N-methyl/N-ethyl adjacent to an activating group) is 1. The molecule has 0 atom stereocenters. The molecule has 1 amide bonds. The fraction of sp³-hybridized carbons (Fsp3) is 0.167. The lowest BCUT2D eigenvalue weighted by molar-refractivity contribution is -0.126. The SMILES string of the molecule is CCN(Cc1nc(-c2cccs2)no1)C(=O)/C=C/c1ccccc1. The van der Waals surface area contributed by atoms with Gasteiger partial charge in [0.2, 0.25) is 17.6 Å². The van der Waals surface area contributed by atoms with Crippen LogP contribution in [0.4, 0.5) is 0 Å². The minimum absolute atomic E-state index is 0.0859. The number of aromatic nitrogens is 2. The molecule has 0 bridgehead atoms. The average molecular weight is 339 g/mol. The number of rotatable bonds is 6. The van der Waals surface area contributed by atoms with Crippen molar-refractivity contribution in [3.05, 3.63) is 65.4 Å². The lowest BCUT2D eigenvalue weighted by atomic mass is 10.2. The monoisotopic (exact) mass is 339 g/mol. The van der Waals surface area contributed by atoms with E-state index in [-0.39, 0.29) is 5.91 Å². The summed E-state index contributed by atoms with van der Waals surface area (Å²) in [6, 6.07) is 13.6. The number of carbonyl (C=O) groups excluding carboxylic acids is 1. The predicted molar refractivity (Wildman–Crippen MR) is 94.2 cm³/mol. The van der Waals surface area contributed by atoms with Gasteiger partial charge in [-0.3, -0.25) is 4.79 Å². The van der Waals surface area contributed by atoms with Crippen LogP contribution in [0.1, 0.15) is 18.4 Å². The fourth-order valence-electron chi connectivity index (χ4n) is 2.17. The Morgan fingerprint density at radius 1 is 1.25 bits per heavy atom. The van der Waals surface area contributed by atoms with Crippen LogP contribution in [-0.4, -0.2) is 27.5 Å². The Hall–Kier alpha value is -2.73. The summed E-state index contributed by atoms with van der Waals surface area (Å²) in [7, 11) is 0. The molecule has 2 aromatic heterocycles. The molecule has 122 valence electrons. The molecular weight excluding hydrogens is 322 g/mol. The number of hydrogen-bond donors (Lipinski definition) is 0. The third-order valence-electron chi connectivity index (χ3n) is 3.45. The van der Waals surface area contributed by atoms with Gasteiger partial charge in [0.25, 0.3) is 0 Å². The fourth-order valence-corrected chi connectivity index (χ4v) is 2.82. The number of thiophene rings is 1. The highest BCUT2D eigenvalue weighted by Gasteiger charge is 2.15. The Balaban J connectivity index is 1.66. The molecule has 5 nitrogen and oxygen atoms in total. The predicted octanol–water partition coefficient (Wildman–Crippen LogP) is 3.86. The first-order chi connectivity index (χ1) is 11.8. The Labute approximate surface area is 144 Å². The van der Waals surface area contributed by atoms with E-state index < -0.39 is 0 Å². The van der Waals surface area contributed by atoms with Crippen molar-refractivity contribution in [1.29, 1.82) is 0 Å². The molecule has 0 N–H and O–H groups in total. The summed E-state index contributed by atoms with van der Waals surface area (Å²) in [4.78, 5) is 19.3. The normalized spacial score (nSPS) is 11.0. The molecule has 1 aromatic carbocycles. The topological polar surface area (TPSA) is 59.2 Å². The van der Waals surface area contributed by atoms with E-state index in [1.807, 2.05) is 54.8 Å². The van der Waals surface area contributed by atoms with Gasteiger partial charge in [0.05, 0.1) is 4.88 Å². The van der Waals surface area contributed by atoms with Crippen molar-refractivity contribution in [3.8, 4) is 10.7 Å². The Morgan fingerprint density at radius 2 is 2.08 bits per heavy atom. The van der Waals surface area contributed by atoms with Crippen LogP contribution in [-0.2, 0) is 11.3 Å². The number of hydrogen-bond acceptors (Lipinski definition) is 5. The van der Waals surface area contributed by atoms with Crippen molar-refractivity contribution in [2.24, 2.45) is 0 Å². The summed E-state index contributed by atoms with van der Waals surface area (Å²) in [5.41, 5.74) is 0.986. The van der Waals surface area contributed by atoms with Crippen LogP contribution in [0.2, 0.25) is 0 Å². The van der Waals surface area contributed by atoms with E-state index in [2.05, 4.69) is 10.1 Å². The molecule has 0 spiro atoms. The zero-order valence-electron chi connectivity index (χ0n) is 13.3.